The Kier molecular flexibility index (Phi) is 7.07. The van der Waals surface area contributed by atoms with Crippen LogP contribution in [0.1, 0.15) is 52.6 Å². The molecule has 0 aliphatic rings. The average molecular weight is 457 g/mol. The lowest BCUT2D eigenvalue weighted by atomic mass is 10.1. The minimum Gasteiger partial charge on any atom is -0.489 e. The molecule has 6 heteroatoms. The van der Waals surface area contributed by atoms with Crippen molar-refractivity contribution >= 4 is 16.9 Å². The molecule has 0 amide bonds. The van der Waals surface area contributed by atoms with Crippen molar-refractivity contribution in [1.82, 2.24) is 9.55 Å². The first-order chi connectivity index (χ1) is 16.5. The van der Waals surface area contributed by atoms with Gasteiger partial charge in [0.1, 0.15) is 18.2 Å². The second-order valence-electron chi connectivity index (χ2n) is 8.44. The van der Waals surface area contributed by atoms with E-state index in [9.17, 15) is 14.7 Å². The maximum Gasteiger partial charge on any atom is 0.336 e. The molecule has 0 saturated carbocycles. The minimum atomic E-state index is -0.974. The fourth-order valence-corrected chi connectivity index (χ4v) is 3.96. The quantitative estimate of drug-likeness (QED) is 0.366. The molecule has 0 atom stereocenters. The zero-order valence-corrected chi connectivity index (χ0v) is 19.5. The summed E-state index contributed by atoms with van der Waals surface area (Å²) in [6, 6.07) is 20.1. The maximum atomic E-state index is 13.3. The van der Waals surface area contributed by atoms with Gasteiger partial charge in [-0.25, -0.2) is 9.78 Å². The van der Waals surface area contributed by atoms with Gasteiger partial charge in [0, 0.05) is 12.0 Å². The first-order valence-corrected chi connectivity index (χ1v) is 11.5. The largest absolute Gasteiger partial charge is 0.489 e. The molecule has 3 aromatic carbocycles. The van der Waals surface area contributed by atoms with Gasteiger partial charge in [-0.05, 0) is 49.2 Å². The number of unbranched alkanes of at least 4 members (excludes halogenated alkanes) is 1. The van der Waals surface area contributed by atoms with Gasteiger partial charge in [-0.3, -0.25) is 9.36 Å². The zero-order valence-electron chi connectivity index (χ0n) is 19.5. The van der Waals surface area contributed by atoms with Crippen LogP contribution >= 0.6 is 0 Å². The van der Waals surface area contributed by atoms with Crippen molar-refractivity contribution in [2.45, 2.75) is 46.3 Å². The van der Waals surface area contributed by atoms with E-state index in [-0.39, 0.29) is 17.7 Å². The summed E-state index contributed by atoms with van der Waals surface area (Å²) in [7, 11) is 0. The normalized spacial score (nSPS) is 11.0. The summed E-state index contributed by atoms with van der Waals surface area (Å²) in [5.41, 5.74) is 3.56. The summed E-state index contributed by atoms with van der Waals surface area (Å²) in [6.45, 7) is 4.69. The topological polar surface area (TPSA) is 81.4 Å². The first kappa shape index (κ1) is 23.2. The number of rotatable bonds is 9. The van der Waals surface area contributed by atoms with Crippen molar-refractivity contribution in [3.05, 3.63) is 105 Å². The van der Waals surface area contributed by atoms with Crippen LogP contribution in [-0.2, 0) is 19.6 Å². The minimum absolute atomic E-state index is 0.0228. The molecule has 34 heavy (non-hydrogen) atoms. The molecule has 0 saturated heterocycles. The summed E-state index contributed by atoms with van der Waals surface area (Å²) in [5, 5.41) is 9.97. The number of hydrogen-bond donors (Lipinski definition) is 1. The fraction of sp³-hybridized carbons (Fsp3) is 0.250. The Morgan fingerprint density at radius 2 is 1.82 bits per heavy atom. The van der Waals surface area contributed by atoms with E-state index in [2.05, 4.69) is 6.92 Å². The third-order valence-electron chi connectivity index (χ3n) is 5.85. The predicted molar refractivity (Wildman–Crippen MR) is 133 cm³/mol. The smallest absolute Gasteiger partial charge is 0.336 e. The Labute approximate surface area is 198 Å². The molecule has 0 radical (unpaired) electrons. The Bertz CT molecular complexity index is 1370. The molecule has 0 unspecified atom stereocenters. The van der Waals surface area contributed by atoms with Gasteiger partial charge >= 0.3 is 5.97 Å². The number of aromatic nitrogens is 2. The number of carboxylic acids is 1. The number of carbonyl (C=O) groups is 1. The van der Waals surface area contributed by atoms with Gasteiger partial charge in [0.25, 0.3) is 5.56 Å². The fourth-order valence-electron chi connectivity index (χ4n) is 3.96. The van der Waals surface area contributed by atoms with E-state index in [1.165, 1.54) is 0 Å². The summed E-state index contributed by atoms with van der Waals surface area (Å²) >= 11 is 0. The van der Waals surface area contributed by atoms with E-state index in [4.69, 9.17) is 9.72 Å². The second kappa shape index (κ2) is 10.3. The van der Waals surface area contributed by atoms with Crippen LogP contribution in [-0.4, -0.2) is 20.6 Å². The standard InChI is InChI=1S/C28H28N2O4/c1-3-4-9-26-29-25-15-10-19(2)16-24(25)27(31)30(26)17-20-11-13-22(14-12-20)34-18-21-7-5-6-8-23(21)28(32)33/h5-8,10-16H,3-4,9,17-18H2,1-2H3,(H,32,33). The highest BCUT2D eigenvalue weighted by molar-refractivity contribution is 5.89. The Morgan fingerprint density at radius 3 is 2.56 bits per heavy atom. The highest BCUT2D eigenvalue weighted by atomic mass is 16.5. The summed E-state index contributed by atoms with van der Waals surface area (Å²) in [6.07, 6.45) is 2.74. The molecule has 174 valence electrons. The van der Waals surface area contributed by atoms with Crippen molar-refractivity contribution in [2.75, 3.05) is 0 Å². The third kappa shape index (κ3) is 5.17. The van der Waals surface area contributed by atoms with E-state index in [1.54, 1.807) is 28.8 Å². The molecule has 4 rings (SSSR count). The number of aromatic carboxylic acids is 1. The SMILES string of the molecule is CCCCc1nc2ccc(C)cc2c(=O)n1Cc1ccc(OCc2ccccc2C(=O)O)cc1. The molecule has 1 aromatic heterocycles. The highest BCUT2D eigenvalue weighted by Gasteiger charge is 2.13. The molecular formula is C28H28N2O4. The van der Waals surface area contributed by atoms with E-state index in [1.807, 2.05) is 49.4 Å². The summed E-state index contributed by atoms with van der Waals surface area (Å²) < 4.78 is 7.59. The molecule has 4 aromatic rings. The van der Waals surface area contributed by atoms with Gasteiger partial charge in [-0.2, -0.15) is 0 Å². The molecule has 0 fully saturated rings. The number of aryl methyl sites for hydroxylation is 2. The van der Waals surface area contributed by atoms with Crippen LogP contribution < -0.4 is 10.3 Å². The van der Waals surface area contributed by atoms with Crippen molar-refractivity contribution in [1.29, 1.82) is 0 Å². The van der Waals surface area contributed by atoms with Crippen LogP contribution in [0, 0.1) is 6.92 Å². The summed E-state index contributed by atoms with van der Waals surface area (Å²) in [5.74, 6) is 0.460. The van der Waals surface area contributed by atoms with Crippen LogP contribution in [0.4, 0.5) is 0 Å². The van der Waals surface area contributed by atoms with Gasteiger partial charge in [0.05, 0.1) is 23.0 Å². The molecule has 0 aliphatic heterocycles. The van der Waals surface area contributed by atoms with Gasteiger partial charge in [-0.15, -0.1) is 0 Å². The van der Waals surface area contributed by atoms with Gasteiger partial charge in [0.15, 0.2) is 0 Å². The monoisotopic (exact) mass is 456 g/mol. The first-order valence-electron chi connectivity index (χ1n) is 11.5. The molecule has 0 bridgehead atoms. The average Bonchev–Trinajstić information content (AvgIpc) is 2.84. The number of benzene rings is 3. The number of fused-ring (bicyclic) bond motifs is 1. The molecule has 1 N–H and O–H groups in total. The second-order valence-corrected chi connectivity index (χ2v) is 8.44. The number of ether oxygens (including phenoxy) is 1. The molecular weight excluding hydrogens is 428 g/mol. The Morgan fingerprint density at radius 1 is 1.06 bits per heavy atom. The van der Waals surface area contributed by atoms with Gasteiger partial charge in [0.2, 0.25) is 0 Å². The molecule has 6 nitrogen and oxygen atoms in total. The predicted octanol–water partition coefficient (Wildman–Crippen LogP) is 5.37. The van der Waals surface area contributed by atoms with Crippen LogP contribution in [0.5, 0.6) is 5.75 Å². The van der Waals surface area contributed by atoms with Crippen LogP contribution in [0.25, 0.3) is 10.9 Å². The molecule has 0 aliphatic carbocycles. The van der Waals surface area contributed by atoms with Crippen molar-refractivity contribution in [3.8, 4) is 5.75 Å². The van der Waals surface area contributed by atoms with E-state index in [0.29, 0.717) is 23.2 Å². The van der Waals surface area contributed by atoms with Crippen LogP contribution in [0.2, 0.25) is 0 Å². The van der Waals surface area contributed by atoms with Crippen LogP contribution in [0.3, 0.4) is 0 Å². The zero-order chi connectivity index (χ0) is 24.1. The molecule has 1 heterocycles. The number of hydrogen-bond acceptors (Lipinski definition) is 4. The van der Waals surface area contributed by atoms with E-state index >= 15 is 0 Å². The van der Waals surface area contributed by atoms with E-state index < -0.39 is 5.97 Å². The molecule has 0 spiro atoms. The Balaban J connectivity index is 1.56. The lowest BCUT2D eigenvalue weighted by molar-refractivity contribution is 0.0694. The highest BCUT2D eigenvalue weighted by Crippen LogP contribution is 2.18. The van der Waals surface area contributed by atoms with E-state index in [0.717, 1.165) is 41.7 Å². The number of nitrogens with zero attached hydrogens (tertiary/aromatic N) is 2. The lowest BCUT2D eigenvalue weighted by Crippen LogP contribution is -2.26. The lowest BCUT2D eigenvalue weighted by Gasteiger charge is -2.14. The van der Waals surface area contributed by atoms with Crippen molar-refractivity contribution in [3.63, 3.8) is 0 Å². The van der Waals surface area contributed by atoms with Crippen molar-refractivity contribution < 1.29 is 14.6 Å². The van der Waals surface area contributed by atoms with Crippen molar-refractivity contribution in [2.24, 2.45) is 0 Å². The summed E-state index contributed by atoms with van der Waals surface area (Å²) in [4.78, 5) is 29.5. The van der Waals surface area contributed by atoms with Crippen LogP contribution in [0.15, 0.2) is 71.5 Å². The van der Waals surface area contributed by atoms with Gasteiger partial charge < -0.3 is 9.84 Å². The van der Waals surface area contributed by atoms with Gasteiger partial charge in [-0.1, -0.05) is 55.3 Å². The Hall–Kier alpha value is -3.93. The number of carboxylic acid groups (broad SMARTS) is 1. The third-order valence-corrected chi connectivity index (χ3v) is 5.85. The maximum absolute atomic E-state index is 13.3.